The van der Waals surface area contributed by atoms with Gasteiger partial charge in [-0.25, -0.2) is 4.99 Å². The number of hydrogen-bond donors (Lipinski definition) is 1. The third-order valence-corrected chi connectivity index (χ3v) is 5.83. The van der Waals surface area contributed by atoms with E-state index in [1.54, 1.807) is 50.2 Å². The Morgan fingerprint density at radius 2 is 2.06 bits per heavy atom. The summed E-state index contributed by atoms with van der Waals surface area (Å²) in [6, 6.07) is 12.7. The van der Waals surface area contributed by atoms with Crippen LogP contribution in [0.1, 0.15) is 25.5 Å². The summed E-state index contributed by atoms with van der Waals surface area (Å²) in [5, 5.41) is 13.3. The zero-order valence-corrected chi connectivity index (χ0v) is 18.8. The zero-order valence-electron chi connectivity index (χ0n) is 18.0. The van der Waals surface area contributed by atoms with Gasteiger partial charge in [0.25, 0.3) is 5.91 Å². The lowest BCUT2D eigenvalue weighted by Gasteiger charge is -2.28. The fourth-order valence-corrected chi connectivity index (χ4v) is 4.35. The molecule has 3 rings (SSSR count). The van der Waals surface area contributed by atoms with E-state index in [9.17, 15) is 14.9 Å². The number of carbonyl (C=O) groups is 2. The van der Waals surface area contributed by atoms with Gasteiger partial charge in [0.05, 0.1) is 54.0 Å². The number of para-hydroxylation sites is 2. The van der Waals surface area contributed by atoms with E-state index >= 15 is 0 Å². The van der Waals surface area contributed by atoms with E-state index < -0.39 is 23.7 Å². The average Bonchev–Trinajstić information content (AvgIpc) is 3.32. The van der Waals surface area contributed by atoms with Gasteiger partial charge in [0.1, 0.15) is 17.4 Å². The number of carbonyl (C=O) groups excluding carboxylic acids is 2. The van der Waals surface area contributed by atoms with E-state index in [1.165, 1.54) is 13.4 Å². The summed E-state index contributed by atoms with van der Waals surface area (Å²) in [6.07, 6.45) is 1.49. The molecule has 0 saturated heterocycles. The number of furan rings is 1. The Kier molecular flexibility index (Phi) is 7.73. The third kappa shape index (κ3) is 5.03. The number of amides is 1. The van der Waals surface area contributed by atoms with Crippen molar-refractivity contribution in [2.45, 2.75) is 19.8 Å². The highest BCUT2D eigenvalue weighted by Crippen LogP contribution is 2.42. The number of nitriles is 1. The Bertz CT molecular complexity index is 1090. The molecule has 1 aromatic heterocycles. The van der Waals surface area contributed by atoms with Crippen molar-refractivity contribution in [2.75, 3.05) is 24.8 Å². The summed E-state index contributed by atoms with van der Waals surface area (Å²) < 4.78 is 15.9. The van der Waals surface area contributed by atoms with Crippen molar-refractivity contribution in [3.05, 3.63) is 59.7 Å². The number of hydrogen-bond acceptors (Lipinski definition) is 8. The van der Waals surface area contributed by atoms with Gasteiger partial charge < -0.3 is 19.2 Å². The Hall–Kier alpha value is -3.51. The molecule has 1 amide bonds. The molecule has 2 atom stereocenters. The molecule has 8 nitrogen and oxygen atoms in total. The van der Waals surface area contributed by atoms with Crippen LogP contribution in [0.15, 0.2) is 63.3 Å². The minimum atomic E-state index is -0.803. The van der Waals surface area contributed by atoms with Crippen LogP contribution in [0.3, 0.4) is 0 Å². The van der Waals surface area contributed by atoms with Crippen LogP contribution >= 0.6 is 11.8 Å². The van der Waals surface area contributed by atoms with Crippen LogP contribution in [0.5, 0.6) is 5.75 Å². The predicted molar refractivity (Wildman–Crippen MR) is 121 cm³/mol. The molecule has 1 aliphatic heterocycles. The molecule has 1 aliphatic rings. The highest BCUT2D eigenvalue weighted by Gasteiger charge is 2.40. The van der Waals surface area contributed by atoms with E-state index in [0.717, 1.165) is 11.8 Å². The molecule has 1 aromatic carbocycles. The molecular formula is C23H23N3O5S. The van der Waals surface area contributed by atoms with Crippen LogP contribution in [0.2, 0.25) is 0 Å². The zero-order chi connectivity index (χ0) is 23.1. The fraction of sp³-hybridized carbons (Fsp3) is 0.304. The number of allylic oxidation sites excluding steroid dienone is 1. The highest BCUT2D eigenvalue weighted by atomic mass is 32.2. The monoisotopic (exact) mass is 453 g/mol. The van der Waals surface area contributed by atoms with Gasteiger partial charge in [-0.15, -0.1) is 0 Å². The molecule has 0 aliphatic carbocycles. The number of thioether (sulfide) groups is 1. The maximum atomic E-state index is 13.3. The van der Waals surface area contributed by atoms with Gasteiger partial charge in [-0.3, -0.25) is 9.59 Å². The smallest absolute Gasteiger partial charge is 0.316 e. The van der Waals surface area contributed by atoms with E-state index in [2.05, 4.69) is 16.4 Å². The quantitative estimate of drug-likeness (QED) is 0.627. The first kappa shape index (κ1) is 23.2. The third-order valence-electron chi connectivity index (χ3n) is 4.81. The average molecular weight is 454 g/mol. The highest BCUT2D eigenvalue weighted by molar-refractivity contribution is 8.14. The number of methoxy groups -OCH3 is 1. The summed E-state index contributed by atoms with van der Waals surface area (Å²) in [4.78, 5) is 29.7. The van der Waals surface area contributed by atoms with Gasteiger partial charge in [-0.1, -0.05) is 23.9 Å². The molecule has 2 heterocycles. The van der Waals surface area contributed by atoms with Crippen LogP contribution in [-0.4, -0.2) is 36.4 Å². The van der Waals surface area contributed by atoms with Crippen molar-refractivity contribution in [2.24, 2.45) is 10.9 Å². The summed E-state index contributed by atoms with van der Waals surface area (Å²) in [6.45, 7) is 3.70. The summed E-state index contributed by atoms with van der Waals surface area (Å²) in [5.74, 6) is -1.30. The topological polar surface area (TPSA) is 114 Å². The molecule has 1 unspecified atom stereocenters. The van der Waals surface area contributed by atoms with Crippen molar-refractivity contribution >= 4 is 34.4 Å². The number of anilines is 1. The molecule has 32 heavy (non-hydrogen) atoms. The first-order chi connectivity index (χ1) is 15.5. The second kappa shape index (κ2) is 10.7. The lowest BCUT2D eigenvalue weighted by Crippen LogP contribution is -2.31. The van der Waals surface area contributed by atoms with Crippen molar-refractivity contribution < 1.29 is 23.5 Å². The second-order valence-electron chi connectivity index (χ2n) is 6.80. The van der Waals surface area contributed by atoms with Crippen LogP contribution in [0, 0.1) is 17.2 Å². The molecule has 2 aromatic rings. The Morgan fingerprint density at radius 3 is 2.72 bits per heavy atom. The van der Waals surface area contributed by atoms with Gasteiger partial charge in [0, 0.05) is 5.70 Å². The fourth-order valence-electron chi connectivity index (χ4n) is 3.43. The molecule has 0 radical (unpaired) electrons. The largest absolute Gasteiger partial charge is 0.495 e. The molecule has 0 bridgehead atoms. The number of nitrogens with one attached hydrogen (secondary N) is 1. The number of aliphatic imine (C=N–C) groups is 1. The van der Waals surface area contributed by atoms with Crippen molar-refractivity contribution in [3.8, 4) is 11.8 Å². The Morgan fingerprint density at radius 1 is 1.28 bits per heavy atom. The lowest BCUT2D eigenvalue weighted by atomic mass is 9.81. The SMILES string of the molecule is CCOC(=O)CSC1=NC(C)=C(C(=O)Nc2ccccc2OC)[C@H](c2ccco2)C1C#N. The number of esters is 1. The van der Waals surface area contributed by atoms with Crippen molar-refractivity contribution in [1.82, 2.24) is 0 Å². The normalized spacial score (nSPS) is 17.9. The number of benzene rings is 1. The number of rotatable bonds is 7. The van der Waals surface area contributed by atoms with Crippen LogP contribution < -0.4 is 10.1 Å². The van der Waals surface area contributed by atoms with Crippen molar-refractivity contribution in [1.29, 1.82) is 5.26 Å². The minimum Gasteiger partial charge on any atom is -0.495 e. The van der Waals surface area contributed by atoms with Gasteiger partial charge in [-0.05, 0) is 38.1 Å². The van der Waals surface area contributed by atoms with Gasteiger partial charge in [0.15, 0.2) is 0 Å². The summed E-state index contributed by atoms with van der Waals surface area (Å²) >= 11 is 1.13. The Labute approximate surface area is 190 Å². The van der Waals surface area contributed by atoms with E-state index in [1.807, 2.05) is 0 Å². The maximum absolute atomic E-state index is 13.3. The molecule has 166 valence electrons. The van der Waals surface area contributed by atoms with E-state index in [-0.39, 0.29) is 12.4 Å². The van der Waals surface area contributed by atoms with Crippen LogP contribution in [0.4, 0.5) is 5.69 Å². The second-order valence-corrected chi connectivity index (χ2v) is 7.79. The standard InChI is InChI=1S/C23H23N3O5S/c1-4-30-19(27)13-32-23-15(12-24)21(18-10-7-11-31-18)20(14(2)25-23)22(28)26-16-8-5-6-9-17(16)29-3/h5-11,15,21H,4,13H2,1-3H3,(H,26,28)/t15?,21-/m0/s1. The van der Waals surface area contributed by atoms with E-state index in [4.69, 9.17) is 13.9 Å². The Balaban J connectivity index is 1.98. The van der Waals surface area contributed by atoms with Gasteiger partial charge in [0.2, 0.25) is 0 Å². The van der Waals surface area contributed by atoms with E-state index in [0.29, 0.717) is 33.5 Å². The molecule has 1 N–H and O–H groups in total. The van der Waals surface area contributed by atoms with Crippen LogP contribution in [0.25, 0.3) is 0 Å². The lowest BCUT2D eigenvalue weighted by molar-refractivity contribution is -0.139. The first-order valence-corrected chi connectivity index (χ1v) is 10.9. The molecule has 0 fully saturated rings. The molecule has 9 heteroatoms. The molecular weight excluding hydrogens is 430 g/mol. The number of ether oxygens (including phenoxy) is 2. The summed E-state index contributed by atoms with van der Waals surface area (Å²) in [7, 11) is 1.52. The molecule has 0 saturated carbocycles. The van der Waals surface area contributed by atoms with Crippen LogP contribution in [-0.2, 0) is 14.3 Å². The van der Waals surface area contributed by atoms with Gasteiger partial charge >= 0.3 is 5.97 Å². The minimum absolute atomic E-state index is 0.0196. The first-order valence-electron chi connectivity index (χ1n) is 9.95. The summed E-state index contributed by atoms with van der Waals surface area (Å²) in [5.41, 5.74) is 1.26. The molecule has 0 spiro atoms. The number of nitrogens with zero attached hydrogens (tertiary/aromatic N) is 2. The van der Waals surface area contributed by atoms with Crippen molar-refractivity contribution in [3.63, 3.8) is 0 Å². The predicted octanol–water partition coefficient (Wildman–Crippen LogP) is 4.13. The maximum Gasteiger partial charge on any atom is 0.316 e. The van der Waals surface area contributed by atoms with Gasteiger partial charge in [-0.2, -0.15) is 5.26 Å².